The van der Waals surface area contributed by atoms with Crippen LogP contribution in [0.4, 0.5) is 5.69 Å². The molecule has 2 heterocycles. The summed E-state index contributed by atoms with van der Waals surface area (Å²) >= 11 is 7.91. The number of benzene rings is 2. The number of halogens is 1. The number of imidazole rings is 1. The molecule has 4 rings (SSSR count). The quantitative estimate of drug-likeness (QED) is 0.668. The van der Waals surface area contributed by atoms with Gasteiger partial charge in [0.05, 0.1) is 0 Å². The lowest BCUT2D eigenvalue weighted by Crippen LogP contribution is -2.32. The fourth-order valence-corrected chi connectivity index (χ4v) is 4.16. The molecule has 0 unspecified atom stereocenters. The van der Waals surface area contributed by atoms with Crippen LogP contribution in [0.5, 0.6) is 0 Å². The van der Waals surface area contributed by atoms with Gasteiger partial charge in [0, 0.05) is 46.4 Å². The molecule has 2 aromatic carbocycles. The fraction of sp³-hybridized carbons (Fsp3) is 0.200. The molecule has 1 aromatic heterocycles. The number of carboxylic acids is 1. The summed E-state index contributed by atoms with van der Waals surface area (Å²) in [5.74, 6) is 1.79. The monoisotopic (exact) mass is 399 g/mol. The number of H-pyrrole nitrogens is 1. The number of hydrogen-bond donors (Lipinski definition) is 2. The van der Waals surface area contributed by atoms with Gasteiger partial charge >= 0.3 is 5.97 Å². The van der Waals surface area contributed by atoms with Gasteiger partial charge in [-0.3, -0.25) is 0 Å². The molecule has 0 aliphatic carbocycles. The van der Waals surface area contributed by atoms with Gasteiger partial charge in [-0.05, 0) is 36.4 Å². The molecular weight excluding hydrogens is 382 g/mol. The highest BCUT2D eigenvalue weighted by atomic mass is 35.5. The number of nitrogens with one attached hydrogen (secondary N) is 1. The molecular formula is C20H18ClN3O2S. The zero-order chi connectivity index (χ0) is 18.8. The van der Waals surface area contributed by atoms with Crippen molar-refractivity contribution >= 4 is 35.0 Å². The second-order valence-electron chi connectivity index (χ2n) is 6.27. The number of thioether (sulfide) groups is 1. The van der Waals surface area contributed by atoms with Gasteiger partial charge in [-0.1, -0.05) is 23.7 Å². The number of carbonyl (C=O) groups is 1. The number of anilines is 1. The molecule has 27 heavy (non-hydrogen) atoms. The number of carboxylic acid groups (broad SMARTS) is 1. The first kappa shape index (κ1) is 17.9. The number of aromatic carboxylic acids is 1. The summed E-state index contributed by atoms with van der Waals surface area (Å²) in [5, 5.41) is 10.1. The second-order valence-corrected chi connectivity index (χ2v) is 7.93. The van der Waals surface area contributed by atoms with Crippen LogP contribution in [0.15, 0.2) is 48.5 Å². The highest BCUT2D eigenvalue weighted by Gasteiger charge is 2.19. The normalized spacial score (nSPS) is 14.3. The molecule has 0 spiro atoms. The number of nitrogens with zero attached hydrogens (tertiary/aromatic N) is 2. The van der Waals surface area contributed by atoms with Crippen LogP contribution in [-0.4, -0.2) is 45.6 Å². The van der Waals surface area contributed by atoms with Gasteiger partial charge in [0.2, 0.25) is 0 Å². The number of rotatable bonds is 4. The van der Waals surface area contributed by atoms with Gasteiger partial charge in [0.1, 0.15) is 11.5 Å². The van der Waals surface area contributed by atoms with Crippen LogP contribution in [0.3, 0.4) is 0 Å². The van der Waals surface area contributed by atoms with E-state index < -0.39 is 5.97 Å². The Balaban J connectivity index is 1.66. The summed E-state index contributed by atoms with van der Waals surface area (Å²) in [6, 6.07) is 15.1. The van der Waals surface area contributed by atoms with Crippen molar-refractivity contribution < 1.29 is 9.90 Å². The molecule has 0 bridgehead atoms. The van der Waals surface area contributed by atoms with E-state index in [0.29, 0.717) is 22.1 Å². The van der Waals surface area contributed by atoms with Crippen LogP contribution in [0.2, 0.25) is 5.02 Å². The van der Waals surface area contributed by atoms with E-state index in [0.717, 1.165) is 30.2 Å². The van der Waals surface area contributed by atoms with Crippen molar-refractivity contribution in [1.29, 1.82) is 0 Å². The predicted molar refractivity (Wildman–Crippen MR) is 111 cm³/mol. The van der Waals surface area contributed by atoms with Crippen molar-refractivity contribution in [2.24, 2.45) is 0 Å². The van der Waals surface area contributed by atoms with Crippen molar-refractivity contribution in [3.8, 4) is 22.6 Å². The van der Waals surface area contributed by atoms with Gasteiger partial charge < -0.3 is 15.0 Å². The molecule has 3 aromatic rings. The summed E-state index contributed by atoms with van der Waals surface area (Å²) in [5.41, 5.74) is 3.23. The van der Waals surface area contributed by atoms with E-state index >= 15 is 0 Å². The smallest absolute Gasteiger partial charge is 0.354 e. The molecule has 2 N–H and O–H groups in total. The zero-order valence-electron chi connectivity index (χ0n) is 14.5. The van der Waals surface area contributed by atoms with E-state index in [9.17, 15) is 9.90 Å². The minimum Gasteiger partial charge on any atom is -0.477 e. The minimum absolute atomic E-state index is 0.0736. The van der Waals surface area contributed by atoms with Gasteiger partial charge in [-0.2, -0.15) is 11.8 Å². The Bertz CT molecular complexity index is 948. The SMILES string of the molecule is O=C(O)c1[nH]c(-c2ccc(N3CCSCC3)cc2)nc1-c1ccc(Cl)cc1. The van der Waals surface area contributed by atoms with E-state index in [1.54, 1.807) is 24.3 Å². The number of aromatic amines is 1. The molecule has 1 saturated heterocycles. The Kier molecular flexibility index (Phi) is 5.09. The Morgan fingerprint density at radius 3 is 2.30 bits per heavy atom. The zero-order valence-corrected chi connectivity index (χ0v) is 16.1. The van der Waals surface area contributed by atoms with Crippen molar-refractivity contribution in [3.63, 3.8) is 0 Å². The number of hydrogen-bond acceptors (Lipinski definition) is 4. The summed E-state index contributed by atoms with van der Waals surface area (Å²) in [6.07, 6.45) is 0. The molecule has 1 aliphatic heterocycles. The Hall–Kier alpha value is -2.44. The molecule has 138 valence electrons. The molecule has 1 aliphatic rings. The third-order valence-corrected chi connectivity index (χ3v) is 5.75. The van der Waals surface area contributed by atoms with Crippen molar-refractivity contribution in [1.82, 2.24) is 9.97 Å². The average Bonchev–Trinajstić information content (AvgIpc) is 3.15. The van der Waals surface area contributed by atoms with Crippen LogP contribution >= 0.6 is 23.4 Å². The lowest BCUT2D eigenvalue weighted by Gasteiger charge is -2.28. The highest BCUT2D eigenvalue weighted by Crippen LogP contribution is 2.29. The average molecular weight is 400 g/mol. The fourth-order valence-electron chi connectivity index (χ4n) is 3.13. The van der Waals surface area contributed by atoms with Crippen LogP contribution < -0.4 is 4.90 Å². The third kappa shape index (κ3) is 3.82. The van der Waals surface area contributed by atoms with Crippen LogP contribution in [0.25, 0.3) is 22.6 Å². The van der Waals surface area contributed by atoms with Gasteiger partial charge in [0.25, 0.3) is 0 Å². The summed E-state index contributed by atoms with van der Waals surface area (Å²) in [6.45, 7) is 2.10. The summed E-state index contributed by atoms with van der Waals surface area (Å²) in [7, 11) is 0. The second kappa shape index (κ2) is 7.66. The lowest BCUT2D eigenvalue weighted by atomic mass is 10.1. The maximum Gasteiger partial charge on any atom is 0.354 e. The van der Waals surface area contributed by atoms with E-state index in [1.165, 1.54) is 5.69 Å². The van der Waals surface area contributed by atoms with E-state index in [4.69, 9.17) is 11.6 Å². The van der Waals surface area contributed by atoms with E-state index in [-0.39, 0.29) is 5.69 Å². The molecule has 1 fully saturated rings. The first-order valence-electron chi connectivity index (χ1n) is 8.64. The third-order valence-electron chi connectivity index (χ3n) is 4.55. The van der Waals surface area contributed by atoms with Crippen molar-refractivity contribution in [3.05, 3.63) is 59.2 Å². The maximum absolute atomic E-state index is 11.7. The molecule has 0 atom stereocenters. The highest BCUT2D eigenvalue weighted by molar-refractivity contribution is 7.99. The van der Waals surface area contributed by atoms with Gasteiger partial charge in [-0.15, -0.1) is 0 Å². The molecule has 0 saturated carbocycles. The van der Waals surface area contributed by atoms with Crippen molar-refractivity contribution in [2.45, 2.75) is 0 Å². The Morgan fingerprint density at radius 1 is 1.04 bits per heavy atom. The van der Waals surface area contributed by atoms with Gasteiger partial charge in [0.15, 0.2) is 5.69 Å². The van der Waals surface area contributed by atoms with Crippen molar-refractivity contribution in [2.75, 3.05) is 29.5 Å². The molecule has 5 nitrogen and oxygen atoms in total. The Morgan fingerprint density at radius 2 is 1.67 bits per heavy atom. The molecule has 7 heteroatoms. The standard InChI is InChI=1S/C20H18ClN3O2S/c21-15-5-1-13(2-6-15)17-18(20(25)26)23-19(22-17)14-3-7-16(8-4-14)24-9-11-27-12-10-24/h1-8H,9-12H2,(H,22,23)(H,25,26). The van der Waals surface area contributed by atoms with Crippen LogP contribution in [0, 0.1) is 0 Å². The number of aromatic nitrogens is 2. The minimum atomic E-state index is -1.04. The predicted octanol–water partition coefficient (Wildman–Crippen LogP) is 4.65. The first-order chi connectivity index (χ1) is 13.1. The summed E-state index contributed by atoms with van der Waals surface area (Å²) < 4.78 is 0. The van der Waals surface area contributed by atoms with Crippen LogP contribution in [0.1, 0.15) is 10.5 Å². The largest absolute Gasteiger partial charge is 0.477 e. The van der Waals surface area contributed by atoms with Crippen LogP contribution in [-0.2, 0) is 0 Å². The topological polar surface area (TPSA) is 69.2 Å². The van der Waals surface area contributed by atoms with E-state index in [1.807, 2.05) is 23.9 Å². The maximum atomic E-state index is 11.7. The lowest BCUT2D eigenvalue weighted by molar-refractivity contribution is 0.0692. The molecule has 0 amide bonds. The first-order valence-corrected chi connectivity index (χ1v) is 10.2. The summed E-state index contributed by atoms with van der Waals surface area (Å²) in [4.78, 5) is 21.5. The van der Waals surface area contributed by atoms with Gasteiger partial charge in [-0.25, -0.2) is 9.78 Å². The molecule has 0 radical (unpaired) electrons. The van der Waals surface area contributed by atoms with E-state index in [2.05, 4.69) is 27.0 Å². The Labute approximate surface area is 166 Å².